The highest BCUT2D eigenvalue weighted by atomic mass is 16.1. The summed E-state index contributed by atoms with van der Waals surface area (Å²) < 4.78 is 1.70. The van der Waals surface area contributed by atoms with Crippen molar-refractivity contribution in [1.29, 1.82) is 0 Å². The van der Waals surface area contributed by atoms with Crippen LogP contribution in [0.4, 0.5) is 11.4 Å². The minimum absolute atomic E-state index is 0.149. The van der Waals surface area contributed by atoms with E-state index >= 15 is 0 Å². The van der Waals surface area contributed by atoms with Crippen LogP contribution in [0.5, 0.6) is 0 Å². The van der Waals surface area contributed by atoms with Crippen LogP contribution < -0.4 is 10.6 Å². The summed E-state index contributed by atoms with van der Waals surface area (Å²) in [5.41, 5.74) is 3.37. The Kier molecular flexibility index (Phi) is 4.56. The molecule has 6 nitrogen and oxygen atoms in total. The zero-order chi connectivity index (χ0) is 21.7. The van der Waals surface area contributed by atoms with Gasteiger partial charge < -0.3 is 10.6 Å². The summed E-state index contributed by atoms with van der Waals surface area (Å²) in [7, 11) is 0. The molecular weight excluding hydrogens is 398 g/mol. The number of nitrogens with zero attached hydrogens (tertiary/aromatic N) is 3. The van der Waals surface area contributed by atoms with Crippen LogP contribution in [0.15, 0.2) is 54.9 Å². The first-order valence-corrected chi connectivity index (χ1v) is 11.7. The number of amides is 1. The van der Waals surface area contributed by atoms with Crippen molar-refractivity contribution in [3.8, 4) is 5.82 Å². The number of carbonyl (C=O) groups excluding carboxylic acids is 1. The Morgan fingerprint density at radius 1 is 0.969 bits per heavy atom. The zero-order valence-electron chi connectivity index (χ0n) is 18.4. The van der Waals surface area contributed by atoms with Crippen LogP contribution >= 0.6 is 0 Å². The molecule has 7 rings (SSSR count). The zero-order valence-corrected chi connectivity index (χ0v) is 18.4. The first-order chi connectivity index (χ1) is 15.6. The smallest absolute Gasteiger partial charge is 0.259 e. The highest BCUT2D eigenvalue weighted by molar-refractivity contribution is 6.06. The second-order valence-corrected chi connectivity index (χ2v) is 10.1. The summed E-state index contributed by atoms with van der Waals surface area (Å²) in [4.78, 5) is 17.5. The molecule has 0 radical (unpaired) electrons. The molecule has 4 aliphatic carbocycles. The van der Waals surface area contributed by atoms with Gasteiger partial charge >= 0.3 is 0 Å². The number of pyridine rings is 1. The van der Waals surface area contributed by atoms with E-state index in [9.17, 15) is 4.79 Å². The maximum atomic E-state index is 13.2. The normalized spacial score (nSPS) is 28.0. The van der Waals surface area contributed by atoms with Gasteiger partial charge in [0.2, 0.25) is 0 Å². The third-order valence-electron chi connectivity index (χ3n) is 7.73. The predicted molar refractivity (Wildman–Crippen MR) is 125 cm³/mol. The van der Waals surface area contributed by atoms with Gasteiger partial charge in [-0.25, -0.2) is 9.67 Å². The lowest BCUT2D eigenvalue weighted by atomic mass is 9.53. The second-order valence-electron chi connectivity index (χ2n) is 10.1. The summed E-state index contributed by atoms with van der Waals surface area (Å²) in [6.07, 6.45) is 11.4. The maximum absolute atomic E-state index is 13.2. The van der Waals surface area contributed by atoms with Crippen LogP contribution in [-0.4, -0.2) is 26.2 Å². The van der Waals surface area contributed by atoms with Gasteiger partial charge in [-0.2, -0.15) is 5.10 Å². The molecule has 32 heavy (non-hydrogen) atoms. The molecule has 4 aliphatic rings. The number of hydrogen-bond acceptors (Lipinski definition) is 4. The van der Waals surface area contributed by atoms with Gasteiger partial charge in [0.15, 0.2) is 5.82 Å². The Morgan fingerprint density at radius 2 is 1.62 bits per heavy atom. The van der Waals surface area contributed by atoms with E-state index in [2.05, 4.69) is 26.8 Å². The van der Waals surface area contributed by atoms with E-state index in [-0.39, 0.29) is 11.4 Å². The van der Waals surface area contributed by atoms with Crippen LogP contribution in [0.2, 0.25) is 0 Å². The lowest BCUT2D eigenvalue weighted by molar-refractivity contribution is 0.0107. The Balaban J connectivity index is 1.24. The van der Waals surface area contributed by atoms with Crippen molar-refractivity contribution in [3.05, 3.63) is 66.1 Å². The number of aromatic nitrogens is 3. The van der Waals surface area contributed by atoms with Crippen molar-refractivity contribution < 1.29 is 4.79 Å². The van der Waals surface area contributed by atoms with Crippen molar-refractivity contribution in [3.63, 3.8) is 0 Å². The molecule has 2 N–H and O–H groups in total. The van der Waals surface area contributed by atoms with Crippen LogP contribution in [-0.2, 0) is 0 Å². The average Bonchev–Trinajstić information content (AvgIpc) is 3.16. The monoisotopic (exact) mass is 427 g/mol. The number of nitrogens with one attached hydrogen (secondary N) is 2. The van der Waals surface area contributed by atoms with Gasteiger partial charge in [-0.15, -0.1) is 0 Å². The fourth-order valence-corrected chi connectivity index (χ4v) is 6.78. The summed E-state index contributed by atoms with van der Waals surface area (Å²) >= 11 is 0. The van der Waals surface area contributed by atoms with E-state index in [0.29, 0.717) is 11.4 Å². The molecule has 0 spiro atoms. The van der Waals surface area contributed by atoms with Gasteiger partial charge in [-0.3, -0.25) is 4.79 Å². The van der Waals surface area contributed by atoms with Crippen LogP contribution in [0.1, 0.15) is 54.6 Å². The quantitative estimate of drug-likeness (QED) is 0.586. The largest absolute Gasteiger partial charge is 0.378 e. The lowest BCUT2D eigenvalue weighted by Gasteiger charge is -2.57. The molecule has 0 aliphatic heterocycles. The molecule has 2 aromatic heterocycles. The SMILES string of the molecule is Cc1c(C(=O)Nc2ccccc2NC23CC4CC(CC(C4)C2)C3)cnn1-c1ccccn1. The standard InChI is InChI=1S/C26H29N5O/c1-17-21(16-28-31(17)24-8-4-5-9-27-24)25(32)29-22-6-2-3-7-23(22)30-26-13-18-10-19(14-26)12-20(11-18)15-26/h2-9,16,18-20,30H,10-15H2,1H3,(H,29,32). The minimum atomic E-state index is -0.149. The van der Waals surface area contributed by atoms with E-state index in [1.54, 1.807) is 17.1 Å². The average molecular weight is 428 g/mol. The molecule has 1 amide bonds. The first kappa shape index (κ1) is 19.5. The van der Waals surface area contributed by atoms with E-state index in [4.69, 9.17) is 0 Å². The Hall–Kier alpha value is -3.15. The maximum Gasteiger partial charge on any atom is 0.259 e. The summed E-state index contributed by atoms with van der Waals surface area (Å²) in [5, 5.41) is 11.4. The number of benzene rings is 1. The summed E-state index contributed by atoms with van der Waals surface area (Å²) in [6.45, 7) is 1.90. The molecule has 4 bridgehead atoms. The van der Waals surface area contributed by atoms with Gasteiger partial charge in [0, 0.05) is 11.7 Å². The van der Waals surface area contributed by atoms with Crippen LogP contribution in [0.3, 0.4) is 0 Å². The molecule has 0 unspecified atom stereocenters. The molecule has 4 fully saturated rings. The summed E-state index contributed by atoms with van der Waals surface area (Å²) in [6, 6.07) is 13.8. The third-order valence-corrected chi connectivity index (χ3v) is 7.73. The number of para-hydroxylation sites is 2. The predicted octanol–water partition coefficient (Wildman–Crippen LogP) is 5.21. The van der Waals surface area contributed by atoms with Crippen molar-refractivity contribution in [1.82, 2.24) is 14.8 Å². The molecule has 0 saturated heterocycles. The Bertz CT molecular complexity index is 1120. The van der Waals surface area contributed by atoms with Gasteiger partial charge in [0.05, 0.1) is 28.8 Å². The van der Waals surface area contributed by atoms with E-state index in [1.807, 2.05) is 43.3 Å². The third kappa shape index (κ3) is 3.38. The van der Waals surface area contributed by atoms with Crippen molar-refractivity contribution in [2.24, 2.45) is 17.8 Å². The molecule has 3 aromatic rings. The van der Waals surface area contributed by atoms with Gasteiger partial charge in [-0.05, 0) is 87.5 Å². The van der Waals surface area contributed by atoms with Crippen LogP contribution in [0.25, 0.3) is 5.82 Å². The van der Waals surface area contributed by atoms with E-state index in [1.165, 1.54) is 38.5 Å². The number of hydrogen-bond donors (Lipinski definition) is 2. The van der Waals surface area contributed by atoms with Gasteiger partial charge in [0.25, 0.3) is 5.91 Å². The minimum Gasteiger partial charge on any atom is -0.378 e. The molecule has 1 aromatic carbocycles. The topological polar surface area (TPSA) is 71.8 Å². The number of anilines is 2. The second kappa shape index (κ2) is 7.47. The number of carbonyl (C=O) groups is 1. The van der Waals surface area contributed by atoms with Gasteiger partial charge in [-0.1, -0.05) is 18.2 Å². The first-order valence-electron chi connectivity index (χ1n) is 11.7. The lowest BCUT2D eigenvalue weighted by Crippen LogP contribution is -2.54. The fourth-order valence-electron chi connectivity index (χ4n) is 6.78. The van der Waals surface area contributed by atoms with E-state index in [0.717, 1.165) is 34.8 Å². The molecule has 4 saturated carbocycles. The van der Waals surface area contributed by atoms with Crippen molar-refractivity contribution in [2.45, 2.75) is 51.0 Å². The molecule has 0 atom stereocenters. The molecule has 164 valence electrons. The highest BCUT2D eigenvalue weighted by Crippen LogP contribution is 2.56. The van der Waals surface area contributed by atoms with Crippen molar-refractivity contribution in [2.75, 3.05) is 10.6 Å². The molecule has 6 heteroatoms. The van der Waals surface area contributed by atoms with Gasteiger partial charge in [0.1, 0.15) is 0 Å². The Morgan fingerprint density at radius 3 is 2.28 bits per heavy atom. The highest BCUT2D eigenvalue weighted by Gasteiger charge is 2.51. The molecular formula is C26H29N5O. The Labute approximate surface area is 188 Å². The summed E-state index contributed by atoms with van der Waals surface area (Å²) in [5.74, 6) is 3.17. The van der Waals surface area contributed by atoms with Crippen molar-refractivity contribution >= 4 is 17.3 Å². The molecule has 2 heterocycles. The number of rotatable bonds is 5. The van der Waals surface area contributed by atoms with Crippen LogP contribution in [0, 0.1) is 24.7 Å². The van der Waals surface area contributed by atoms with E-state index < -0.39 is 0 Å². The fraction of sp³-hybridized carbons (Fsp3) is 0.423.